The second-order valence-electron chi connectivity index (χ2n) is 7.23. The van der Waals surface area contributed by atoms with Crippen LogP contribution in [0.4, 0.5) is 5.69 Å². The van der Waals surface area contributed by atoms with Gasteiger partial charge in [0.1, 0.15) is 0 Å². The summed E-state index contributed by atoms with van der Waals surface area (Å²) in [6.45, 7) is 5.01. The lowest BCUT2D eigenvalue weighted by Crippen LogP contribution is -2.46. The van der Waals surface area contributed by atoms with Crippen LogP contribution in [0, 0.1) is 5.92 Å². The number of nitrogens with zero attached hydrogens (tertiary/aromatic N) is 2. The van der Waals surface area contributed by atoms with E-state index in [1.54, 1.807) is 4.31 Å². The summed E-state index contributed by atoms with van der Waals surface area (Å²) in [5.74, 6) is 0.299. The number of benzene rings is 1. The van der Waals surface area contributed by atoms with E-state index in [-0.39, 0.29) is 23.6 Å². The van der Waals surface area contributed by atoms with E-state index in [4.69, 9.17) is 0 Å². The van der Waals surface area contributed by atoms with Gasteiger partial charge in [0, 0.05) is 30.7 Å². The lowest BCUT2D eigenvalue weighted by atomic mass is 9.96. The Morgan fingerprint density at radius 1 is 1.20 bits per heavy atom. The fourth-order valence-corrected chi connectivity index (χ4v) is 5.61. The van der Waals surface area contributed by atoms with Crippen molar-refractivity contribution in [3.8, 4) is 0 Å². The van der Waals surface area contributed by atoms with Crippen LogP contribution in [-0.4, -0.2) is 43.5 Å². The maximum atomic E-state index is 13.1. The molecule has 1 aromatic rings. The molecule has 2 heterocycles. The topological polar surface area (TPSA) is 57.7 Å². The Bertz CT molecular complexity index is 724. The minimum absolute atomic E-state index is 0.0776. The smallest absolute Gasteiger partial charge is 0.230 e. The second-order valence-corrected chi connectivity index (χ2v) is 9.32. The van der Waals surface area contributed by atoms with Gasteiger partial charge in [-0.3, -0.25) is 4.79 Å². The second kappa shape index (κ2) is 7.46. The molecule has 0 N–H and O–H groups in total. The zero-order chi connectivity index (χ0) is 18.0. The monoisotopic (exact) mass is 364 g/mol. The molecule has 2 aliphatic rings. The number of hydrogen-bond acceptors (Lipinski definition) is 3. The van der Waals surface area contributed by atoms with Crippen LogP contribution in [0.25, 0.3) is 0 Å². The van der Waals surface area contributed by atoms with Crippen molar-refractivity contribution in [3.05, 3.63) is 29.8 Å². The molecule has 0 saturated carbocycles. The van der Waals surface area contributed by atoms with Crippen molar-refractivity contribution < 1.29 is 13.2 Å². The summed E-state index contributed by atoms with van der Waals surface area (Å²) in [6.07, 6.45) is 3.71. The number of fused-ring (bicyclic) bond motifs is 1. The average molecular weight is 365 g/mol. The van der Waals surface area contributed by atoms with Gasteiger partial charge in [-0.15, -0.1) is 0 Å². The van der Waals surface area contributed by atoms with Crippen molar-refractivity contribution >= 4 is 21.6 Å². The summed E-state index contributed by atoms with van der Waals surface area (Å²) >= 11 is 0. The van der Waals surface area contributed by atoms with Gasteiger partial charge in [0.15, 0.2) is 0 Å². The molecule has 0 bridgehead atoms. The number of carbonyl (C=O) groups excluding carboxylic acids is 1. The molecule has 1 unspecified atom stereocenters. The van der Waals surface area contributed by atoms with Gasteiger partial charge >= 0.3 is 0 Å². The van der Waals surface area contributed by atoms with E-state index >= 15 is 0 Å². The summed E-state index contributed by atoms with van der Waals surface area (Å²) < 4.78 is 26.2. The fraction of sp³-hybridized carbons (Fsp3) is 0.632. The Balaban J connectivity index is 1.65. The van der Waals surface area contributed by atoms with Crippen LogP contribution < -0.4 is 4.90 Å². The summed E-state index contributed by atoms with van der Waals surface area (Å²) in [4.78, 5) is 15.0. The Kier molecular flexibility index (Phi) is 5.49. The van der Waals surface area contributed by atoms with Crippen LogP contribution >= 0.6 is 0 Å². The molecular weight excluding hydrogens is 336 g/mol. The van der Waals surface area contributed by atoms with Crippen LogP contribution in [0.3, 0.4) is 0 Å². The normalized spacial score (nSPS) is 22.2. The number of piperidine rings is 1. The first kappa shape index (κ1) is 18.4. The summed E-state index contributed by atoms with van der Waals surface area (Å²) in [5, 5.41) is 0. The van der Waals surface area contributed by atoms with Gasteiger partial charge in [-0.1, -0.05) is 31.5 Å². The van der Waals surface area contributed by atoms with E-state index in [9.17, 15) is 13.2 Å². The summed E-state index contributed by atoms with van der Waals surface area (Å²) in [5.41, 5.74) is 2.25. The quantitative estimate of drug-likeness (QED) is 0.807. The van der Waals surface area contributed by atoms with Crippen molar-refractivity contribution in [2.24, 2.45) is 5.92 Å². The molecule has 0 aliphatic carbocycles. The maximum absolute atomic E-state index is 13.1. The van der Waals surface area contributed by atoms with Gasteiger partial charge in [-0.2, -0.15) is 0 Å². The van der Waals surface area contributed by atoms with Gasteiger partial charge in [-0.05, 0) is 44.2 Å². The van der Waals surface area contributed by atoms with Gasteiger partial charge in [0.05, 0.1) is 5.75 Å². The summed E-state index contributed by atoms with van der Waals surface area (Å²) in [6, 6.07) is 8.26. The van der Waals surface area contributed by atoms with Gasteiger partial charge < -0.3 is 4.90 Å². The number of unbranched alkanes of at least 4 members (excludes halogenated alkanes) is 1. The SMILES string of the molecule is CCCCS(=O)(=O)N1CCC(C(=O)N2c3ccccc3CC2C)CC1. The summed E-state index contributed by atoms with van der Waals surface area (Å²) in [7, 11) is -3.16. The van der Waals surface area contributed by atoms with Crippen molar-refractivity contribution in [1.82, 2.24) is 4.31 Å². The Morgan fingerprint density at radius 3 is 2.56 bits per heavy atom. The number of rotatable bonds is 5. The Labute approximate surface area is 151 Å². The molecule has 5 nitrogen and oxygen atoms in total. The molecule has 2 aliphatic heterocycles. The lowest BCUT2D eigenvalue weighted by molar-refractivity contribution is -0.123. The van der Waals surface area contributed by atoms with Gasteiger partial charge in [-0.25, -0.2) is 12.7 Å². The highest BCUT2D eigenvalue weighted by atomic mass is 32.2. The first-order valence-corrected chi connectivity index (χ1v) is 10.9. The molecule has 1 amide bonds. The van der Waals surface area contributed by atoms with Crippen LogP contribution in [0.15, 0.2) is 24.3 Å². The third-order valence-corrected chi connectivity index (χ3v) is 7.35. The van der Waals surface area contributed by atoms with Crippen LogP contribution in [0.2, 0.25) is 0 Å². The number of carbonyl (C=O) groups is 1. The van der Waals surface area contributed by atoms with Crippen LogP contribution in [0.1, 0.15) is 45.1 Å². The van der Waals surface area contributed by atoms with Crippen LogP contribution in [-0.2, 0) is 21.2 Å². The predicted octanol–water partition coefficient (Wildman–Crippen LogP) is 2.81. The average Bonchev–Trinajstić information content (AvgIpc) is 2.95. The van der Waals surface area contributed by atoms with Crippen molar-refractivity contribution in [3.63, 3.8) is 0 Å². The minimum Gasteiger partial charge on any atom is -0.309 e. The number of hydrogen-bond donors (Lipinski definition) is 0. The van der Waals surface area contributed by atoms with E-state index in [0.717, 1.165) is 18.5 Å². The molecule has 0 spiro atoms. The zero-order valence-corrected chi connectivity index (χ0v) is 16.0. The first-order valence-electron chi connectivity index (χ1n) is 9.33. The Morgan fingerprint density at radius 2 is 1.88 bits per heavy atom. The number of para-hydroxylation sites is 1. The van der Waals surface area contributed by atoms with E-state index in [1.807, 2.05) is 30.0 Å². The van der Waals surface area contributed by atoms with E-state index in [1.165, 1.54) is 5.56 Å². The highest BCUT2D eigenvalue weighted by molar-refractivity contribution is 7.89. The molecule has 138 valence electrons. The highest BCUT2D eigenvalue weighted by Gasteiger charge is 2.37. The maximum Gasteiger partial charge on any atom is 0.230 e. The van der Waals surface area contributed by atoms with Crippen molar-refractivity contribution in [2.45, 2.75) is 52.0 Å². The van der Waals surface area contributed by atoms with E-state index in [0.29, 0.717) is 32.4 Å². The minimum atomic E-state index is -3.16. The number of sulfonamides is 1. The molecule has 1 atom stereocenters. The molecule has 1 fully saturated rings. The molecular formula is C19H28N2O3S. The zero-order valence-electron chi connectivity index (χ0n) is 15.1. The molecule has 1 aromatic carbocycles. The third kappa shape index (κ3) is 3.75. The third-order valence-electron chi connectivity index (χ3n) is 5.40. The van der Waals surface area contributed by atoms with Crippen LogP contribution in [0.5, 0.6) is 0 Å². The fourth-order valence-electron chi connectivity index (χ4n) is 3.93. The first-order chi connectivity index (χ1) is 11.9. The molecule has 1 saturated heterocycles. The molecule has 0 aromatic heterocycles. The predicted molar refractivity (Wildman–Crippen MR) is 100 cm³/mol. The molecule has 6 heteroatoms. The number of amides is 1. The molecule has 0 radical (unpaired) electrons. The van der Waals surface area contributed by atoms with Crippen molar-refractivity contribution in [1.29, 1.82) is 0 Å². The van der Waals surface area contributed by atoms with Gasteiger partial charge in [0.25, 0.3) is 0 Å². The van der Waals surface area contributed by atoms with E-state index in [2.05, 4.69) is 13.0 Å². The molecule has 25 heavy (non-hydrogen) atoms. The largest absolute Gasteiger partial charge is 0.309 e. The Hall–Kier alpha value is -1.40. The van der Waals surface area contributed by atoms with Crippen molar-refractivity contribution in [2.75, 3.05) is 23.7 Å². The van der Waals surface area contributed by atoms with Gasteiger partial charge in [0.2, 0.25) is 15.9 Å². The number of anilines is 1. The lowest BCUT2D eigenvalue weighted by Gasteiger charge is -2.34. The van der Waals surface area contributed by atoms with E-state index < -0.39 is 10.0 Å². The molecule has 3 rings (SSSR count). The standard InChI is InChI=1S/C19H28N2O3S/c1-3-4-13-25(23,24)20-11-9-16(10-12-20)19(22)21-15(2)14-17-7-5-6-8-18(17)21/h5-8,15-16H,3-4,9-14H2,1-2H3. The highest BCUT2D eigenvalue weighted by Crippen LogP contribution is 2.34.